The highest BCUT2D eigenvalue weighted by atomic mass is 32.2. The largest absolute Gasteiger partial charge is 0.511 e. The second kappa shape index (κ2) is 8.06. The van der Waals surface area contributed by atoms with Gasteiger partial charge in [-0.05, 0) is 24.3 Å². The van der Waals surface area contributed by atoms with Crippen LogP contribution in [0.3, 0.4) is 0 Å². The zero-order chi connectivity index (χ0) is 19.3. The molecule has 142 valence electrons. The lowest BCUT2D eigenvalue weighted by Crippen LogP contribution is -2.43. The summed E-state index contributed by atoms with van der Waals surface area (Å²) in [5, 5.41) is 3.48. The Bertz CT molecular complexity index is 818. The van der Waals surface area contributed by atoms with E-state index in [9.17, 15) is 26.2 Å². The van der Waals surface area contributed by atoms with Crippen molar-refractivity contribution in [1.82, 2.24) is 15.0 Å². The normalized spacial score (nSPS) is 12.6. The molecule has 0 saturated carbocycles. The quantitative estimate of drug-likeness (QED) is 0.453. The average Bonchev–Trinajstić information content (AvgIpc) is 2.59. The van der Waals surface area contributed by atoms with Gasteiger partial charge in [0, 0.05) is 0 Å². The first-order valence-electron chi connectivity index (χ1n) is 6.80. The van der Waals surface area contributed by atoms with Gasteiger partial charge in [-0.15, -0.1) is 4.49 Å². The minimum Gasteiger partial charge on any atom is -0.400 e. The molecule has 2 aromatic rings. The molecule has 0 unspecified atom stereocenters. The van der Waals surface area contributed by atoms with Crippen molar-refractivity contribution in [3.05, 3.63) is 60.7 Å². The first-order valence-corrected chi connectivity index (χ1v) is 9.99. The van der Waals surface area contributed by atoms with E-state index in [1.165, 1.54) is 48.5 Å². The average molecular weight is 411 g/mol. The maximum absolute atomic E-state index is 12.6. The molecule has 2 rings (SSSR count). The van der Waals surface area contributed by atoms with E-state index >= 15 is 0 Å². The fourth-order valence-corrected chi connectivity index (χ4v) is 4.06. The Balaban J connectivity index is 2.17. The standard InChI is InChI=1S/C13H13F3N3O5PS/c14-13(15,16)26(21,22)19-25(20,17-23-11-7-3-1-4-8-11)18-24-12-9-5-2-6-10-12/h1-10H,(H3,17,18,19,20). The lowest BCUT2D eigenvalue weighted by atomic mass is 10.3. The summed E-state index contributed by atoms with van der Waals surface area (Å²) in [5.41, 5.74) is -5.69. The van der Waals surface area contributed by atoms with E-state index in [-0.39, 0.29) is 11.5 Å². The fourth-order valence-electron chi connectivity index (χ4n) is 1.49. The molecule has 0 aromatic heterocycles. The minimum atomic E-state index is -5.96. The Morgan fingerprint density at radius 1 is 0.808 bits per heavy atom. The van der Waals surface area contributed by atoms with Crippen molar-refractivity contribution in [3.63, 3.8) is 0 Å². The van der Waals surface area contributed by atoms with Crippen LogP contribution in [0.4, 0.5) is 13.2 Å². The van der Waals surface area contributed by atoms with Crippen LogP contribution in [0.1, 0.15) is 0 Å². The van der Waals surface area contributed by atoms with Crippen molar-refractivity contribution in [2.45, 2.75) is 5.51 Å². The molecule has 0 bridgehead atoms. The molecule has 26 heavy (non-hydrogen) atoms. The zero-order valence-electron chi connectivity index (χ0n) is 12.8. The molecule has 13 heteroatoms. The number of hydrogen-bond acceptors (Lipinski definition) is 5. The van der Waals surface area contributed by atoms with E-state index in [0.717, 1.165) is 4.49 Å². The van der Waals surface area contributed by atoms with Gasteiger partial charge in [-0.1, -0.05) is 46.9 Å². The van der Waals surface area contributed by atoms with Crippen LogP contribution < -0.4 is 24.7 Å². The maximum Gasteiger partial charge on any atom is 0.511 e. The smallest absolute Gasteiger partial charge is 0.400 e. The van der Waals surface area contributed by atoms with E-state index < -0.39 is 23.1 Å². The number of hydrogen-bond donors (Lipinski definition) is 3. The monoisotopic (exact) mass is 411 g/mol. The molecule has 0 saturated heterocycles. The van der Waals surface area contributed by atoms with Crippen LogP contribution in [0.15, 0.2) is 60.7 Å². The number of nitrogens with one attached hydrogen (secondary N) is 3. The summed E-state index contributed by atoms with van der Waals surface area (Å²) in [6.07, 6.45) is 0. The van der Waals surface area contributed by atoms with E-state index in [1.54, 1.807) is 22.6 Å². The molecule has 0 spiro atoms. The molecule has 8 nitrogen and oxygen atoms in total. The van der Waals surface area contributed by atoms with E-state index in [1.807, 2.05) is 0 Å². The van der Waals surface area contributed by atoms with E-state index in [0.29, 0.717) is 0 Å². The summed E-state index contributed by atoms with van der Waals surface area (Å²) >= 11 is 0. The Kier molecular flexibility index (Phi) is 6.26. The third-order valence-corrected chi connectivity index (χ3v) is 5.92. The summed E-state index contributed by atoms with van der Waals surface area (Å²) < 4.78 is 73.9. The predicted molar refractivity (Wildman–Crippen MR) is 86.1 cm³/mol. The third-order valence-electron chi connectivity index (χ3n) is 2.62. The number of benzene rings is 2. The van der Waals surface area contributed by atoms with Crippen LogP contribution >= 0.6 is 7.59 Å². The molecule has 0 aliphatic rings. The molecular weight excluding hydrogens is 398 g/mol. The number of alkyl halides is 3. The number of halogens is 3. The van der Waals surface area contributed by atoms with Crippen LogP contribution in [0.25, 0.3) is 0 Å². The Hall–Kier alpha value is -2.11. The van der Waals surface area contributed by atoms with E-state index in [4.69, 9.17) is 9.68 Å². The van der Waals surface area contributed by atoms with Crippen molar-refractivity contribution in [3.8, 4) is 11.5 Å². The van der Waals surface area contributed by atoms with Gasteiger partial charge in [0.15, 0.2) is 0 Å². The molecule has 0 radical (unpaired) electrons. The Morgan fingerprint density at radius 3 is 1.54 bits per heavy atom. The Labute approximate surface area is 146 Å². The van der Waals surface area contributed by atoms with Gasteiger partial charge in [0.25, 0.3) is 0 Å². The fraction of sp³-hybridized carbons (Fsp3) is 0.0769. The summed E-state index contributed by atoms with van der Waals surface area (Å²) in [5.74, 6) is 0.140. The topological polar surface area (TPSA) is 106 Å². The summed E-state index contributed by atoms with van der Waals surface area (Å²) in [6, 6.07) is 15.0. The molecule has 0 fully saturated rings. The highest BCUT2D eigenvalue weighted by molar-refractivity contribution is 7.96. The van der Waals surface area contributed by atoms with Gasteiger partial charge in [0.1, 0.15) is 11.5 Å². The first kappa shape index (κ1) is 20.2. The summed E-state index contributed by atoms with van der Waals surface area (Å²) in [7, 11) is -10.7. The number of para-hydroxylation sites is 2. The van der Waals surface area contributed by atoms with Crippen LogP contribution in [-0.4, -0.2) is 13.9 Å². The van der Waals surface area contributed by atoms with Crippen molar-refractivity contribution in [1.29, 1.82) is 0 Å². The summed E-state index contributed by atoms with van der Waals surface area (Å²) in [6.45, 7) is 0. The van der Waals surface area contributed by atoms with Crippen molar-refractivity contribution in [2.24, 2.45) is 0 Å². The lowest BCUT2D eigenvalue weighted by molar-refractivity contribution is -0.0442. The number of sulfonamides is 1. The highest BCUT2D eigenvalue weighted by Crippen LogP contribution is 2.36. The molecular formula is C13H13F3N3O5PS. The van der Waals surface area contributed by atoms with Gasteiger partial charge in [-0.3, -0.25) is 4.57 Å². The molecule has 2 aromatic carbocycles. The second-order valence-electron chi connectivity index (χ2n) is 4.66. The van der Waals surface area contributed by atoms with Crippen molar-refractivity contribution < 1.29 is 35.8 Å². The maximum atomic E-state index is 12.6. The van der Waals surface area contributed by atoms with Gasteiger partial charge in [-0.25, -0.2) is 8.42 Å². The van der Waals surface area contributed by atoms with Gasteiger partial charge in [0.05, 0.1) is 0 Å². The van der Waals surface area contributed by atoms with Crippen molar-refractivity contribution >= 4 is 17.6 Å². The molecule has 0 aliphatic carbocycles. The van der Waals surface area contributed by atoms with Gasteiger partial charge < -0.3 is 9.68 Å². The van der Waals surface area contributed by atoms with Crippen LogP contribution in [0, 0.1) is 0 Å². The van der Waals surface area contributed by atoms with Crippen LogP contribution in [-0.2, 0) is 14.6 Å². The second-order valence-corrected chi connectivity index (χ2v) is 8.45. The molecule has 0 amide bonds. The SMILES string of the molecule is O=P(NOc1ccccc1)(NOc1ccccc1)NS(=O)(=O)C(F)(F)F. The van der Waals surface area contributed by atoms with E-state index in [2.05, 4.69) is 0 Å². The van der Waals surface area contributed by atoms with Crippen LogP contribution in [0.5, 0.6) is 11.5 Å². The van der Waals surface area contributed by atoms with Gasteiger partial charge in [-0.2, -0.15) is 13.2 Å². The molecule has 0 aliphatic heterocycles. The molecule has 0 atom stereocenters. The lowest BCUT2D eigenvalue weighted by Gasteiger charge is -2.21. The Morgan fingerprint density at radius 2 is 1.19 bits per heavy atom. The first-order chi connectivity index (χ1) is 12.1. The van der Waals surface area contributed by atoms with Gasteiger partial charge >= 0.3 is 23.1 Å². The third kappa shape index (κ3) is 5.71. The highest BCUT2D eigenvalue weighted by Gasteiger charge is 2.50. The molecule has 0 heterocycles. The van der Waals surface area contributed by atoms with Crippen molar-refractivity contribution in [2.75, 3.05) is 0 Å². The molecule has 3 N–H and O–H groups in total. The number of rotatable bonds is 8. The predicted octanol–water partition coefficient (Wildman–Crippen LogP) is 2.70. The minimum absolute atomic E-state index is 0.0699. The van der Waals surface area contributed by atoms with Gasteiger partial charge in [0.2, 0.25) is 0 Å². The summed E-state index contributed by atoms with van der Waals surface area (Å²) in [4.78, 5) is 9.74. The van der Waals surface area contributed by atoms with Crippen LogP contribution in [0.2, 0.25) is 0 Å². The zero-order valence-corrected chi connectivity index (χ0v) is 14.5.